The van der Waals surface area contributed by atoms with Gasteiger partial charge in [-0.3, -0.25) is 14.2 Å². The molecule has 0 amide bonds. The SMILES string of the molecule is CCC(=O)O[C@H]1C[C@@H](OC(C)=O)[C@H](n2c(=O)n(Cc3cccc(O)c3)c3cnc(N)nc32)O1. The van der Waals surface area contributed by atoms with Gasteiger partial charge in [0.1, 0.15) is 11.3 Å². The molecule has 2 aromatic heterocycles. The molecule has 174 valence electrons. The molecule has 12 nitrogen and oxygen atoms in total. The van der Waals surface area contributed by atoms with Crippen LogP contribution in [-0.2, 0) is 30.3 Å². The van der Waals surface area contributed by atoms with Gasteiger partial charge < -0.3 is 25.1 Å². The first kappa shape index (κ1) is 22.3. The summed E-state index contributed by atoms with van der Waals surface area (Å²) in [5.74, 6) is -1.09. The number of hydrogen-bond donors (Lipinski definition) is 2. The van der Waals surface area contributed by atoms with Gasteiger partial charge in [-0.25, -0.2) is 14.3 Å². The summed E-state index contributed by atoms with van der Waals surface area (Å²) in [6.45, 7) is 2.97. The summed E-state index contributed by atoms with van der Waals surface area (Å²) in [4.78, 5) is 45.2. The number of anilines is 1. The van der Waals surface area contributed by atoms with E-state index in [1.807, 2.05) is 0 Å². The van der Waals surface area contributed by atoms with Gasteiger partial charge >= 0.3 is 17.6 Å². The Bertz CT molecular complexity index is 1270. The van der Waals surface area contributed by atoms with Crippen LogP contribution in [-0.4, -0.2) is 48.5 Å². The highest BCUT2D eigenvalue weighted by Gasteiger charge is 2.43. The third-order valence-corrected chi connectivity index (χ3v) is 5.13. The summed E-state index contributed by atoms with van der Waals surface area (Å²) in [6, 6.07) is 6.46. The second kappa shape index (κ2) is 8.90. The molecule has 1 aliphatic rings. The average molecular weight is 457 g/mol. The maximum absolute atomic E-state index is 13.5. The minimum absolute atomic E-state index is 0.0439. The molecular weight excluding hydrogens is 434 g/mol. The van der Waals surface area contributed by atoms with E-state index in [0.717, 1.165) is 0 Å². The molecule has 3 heterocycles. The van der Waals surface area contributed by atoms with E-state index in [4.69, 9.17) is 19.9 Å². The number of esters is 2. The van der Waals surface area contributed by atoms with Gasteiger partial charge in [0.2, 0.25) is 12.2 Å². The van der Waals surface area contributed by atoms with E-state index in [9.17, 15) is 19.5 Å². The standard InChI is InChI=1S/C21H23N5O7/c1-3-16(29)32-17-8-15(31-11(2)27)19(33-17)26-18-14(9-23-20(22)24-18)25(21(26)30)10-12-5-4-6-13(28)7-12/h4-7,9,15,17,19,28H,3,8,10H2,1-2H3,(H2,22,23,24)/t15-,17-,19-/m1/s1. The third-order valence-electron chi connectivity index (χ3n) is 5.13. The zero-order valence-electron chi connectivity index (χ0n) is 18.0. The van der Waals surface area contributed by atoms with Crippen LogP contribution in [0.15, 0.2) is 35.3 Å². The van der Waals surface area contributed by atoms with Crippen molar-refractivity contribution in [2.24, 2.45) is 0 Å². The molecule has 0 bridgehead atoms. The van der Waals surface area contributed by atoms with Crippen LogP contribution in [0.2, 0.25) is 0 Å². The number of rotatable bonds is 6. The lowest BCUT2D eigenvalue weighted by atomic mass is 10.2. The fourth-order valence-electron chi connectivity index (χ4n) is 3.75. The average Bonchev–Trinajstić information content (AvgIpc) is 3.24. The Morgan fingerprint density at radius 3 is 2.82 bits per heavy atom. The molecule has 33 heavy (non-hydrogen) atoms. The number of nitrogens with zero attached hydrogens (tertiary/aromatic N) is 4. The summed E-state index contributed by atoms with van der Waals surface area (Å²) in [7, 11) is 0. The summed E-state index contributed by atoms with van der Waals surface area (Å²) in [5.41, 5.74) is 6.43. The van der Waals surface area contributed by atoms with E-state index < -0.39 is 36.3 Å². The number of carbonyl (C=O) groups is 2. The highest BCUT2D eigenvalue weighted by atomic mass is 16.7. The van der Waals surface area contributed by atoms with Crippen LogP contribution in [0.1, 0.15) is 38.5 Å². The molecule has 0 unspecified atom stereocenters. The van der Waals surface area contributed by atoms with E-state index in [2.05, 4.69) is 9.97 Å². The predicted octanol–water partition coefficient (Wildman–Crippen LogP) is 1.06. The number of aromatic hydroxyl groups is 1. The van der Waals surface area contributed by atoms with Crippen molar-refractivity contribution in [3.63, 3.8) is 0 Å². The normalized spacial score (nSPS) is 20.1. The zero-order valence-corrected chi connectivity index (χ0v) is 18.0. The lowest BCUT2D eigenvalue weighted by Crippen LogP contribution is -2.34. The van der Waals surface area contributed by atoms with Crippen molar-refractivity contribution >= 4 is 29.1 Å². The highest BCUT2D eigenvalue weighted by Crippen LogP contribution is 2.33. The van der Waals surface area contributed by atoms with Crippen LogP contribution in [0.3, 0.4) is 0 Å². The van der Waals surface area contributed by atoms with Crippen LogP contribution in [0, 0.1) is 0 Å². The van der Waals surface area contributed by atoms with Gasteiger partial charge in [0.15, 0.2) is 18.0 Å². The molecule has 3 aromatic rings. The van der Waals surface area contributed by atoms with Gasteiger partial charge in [-0.1, -0.05) is 19.1 Å². The quantitative estimate of drug-likeness (QED) is 0.512. The van der Waals surface area contributed by atoms with Crippen LogP contribution in [0.25, 0.3) is 11.2 Å². The number of phenolic OH excluding ortho intramolecular Hbond substituents is 1. The first-order chi connectivity index (χ1) is 15.8. The molecule has 3 N–H and O–H groups in total. The van der Waals surface area contributed by atoms with Gasteiger partial charge in [0, 0.05) is 13.3 Å². The Morgan fingerprint density at radius 1 is 1.33 bits per heavy atom. The van der Waals surface area contributed by atoms with Crippen molar-refractivity contribution in [1.82, 2.24) is 19.1 Å². The number of carbonyl (C=O) groups excluding carboxylic acids is 2. The van der Waals surface area contributed by atoms with Crippen LogP contribution >= 0.6 is 0 Å². The third kappa shape index (κ3) is 4.51. The second-order valence-corrected chi connectivity index (χ2v) is 7.53. The Balaban J connectivity index is 1.80. The van der Waals surface area contributed by atoms with E-state index in [1.54, 1.807) is 19.1 Å². The first-order valence-electron chi connectivity index (χ1n) is 10.3. The summed E-state index contributed by atoms with van der Waals surface area (Å²) >= 11 is 0. The molecule has 1 fully saturated rings. The maximum Gasteiger partial charge on any atom is 0.332 e. The number of imidazole rings is 1. The number of aromatic nitrogens is 4. The number of nitrogens with two attached hydrogens (primary N) is 1. The smallest absolute Gasteiger partial charge is 0.332 e. The summed E-state index contributed by atoms with van der Waals surface area (Å²) in [6.07, 6.45) is -1.45. The van der Waals surface area contributed by atoms with Crippen molar-refractivity contribution in [2.75, 3.05) is 5.73 Å². The van der Waals surface area contributed by atoms with E-state index in [1.165, 1.54) is 34.4 Å². The number of phenols is 1. The second-order valence-electron chi connectivity index (χ2n) is 7.53. The van der Waals surface area contributed by atoms with Gasteiger partial charge in [0.25, 0.3) is 0 Å². The fraction of sp³-hybridized carbons (Fsp3) is 0.381. The maximum atomic E-state index is 13.5. The Kier molecular flexibility index (Phi) is 6.01. The van der Waals surface area contributed by atoms with E-state index >= 15 is 0 Å². The van der Waals surface area contributed by atoms with Gasteiger partial charge in [-0.2, -0.15) is 4.98 Å². The summed E-state index contributed by atoms with van der Waals surface area (Å²) < 4.78 is 19.1. The Labute approximate surface area is 187 Å². The molecular formula is C21H23N5O7. The molecule has 1 saturated heterocycles. The molecule has 3 atom stereocenters. The van der Waals surface area contributed by atoms with Crippen molar-refractivity contribution in [3.05, 3.63) is 46.5 Å². The minimum atomic E-state index is -1.11. The molecule has 4 rings (SSSR count). The number of nitrogen functional groups attached to an aromatic ring is 1. The monoisotopic (exact) mass is 457 g/mol. The molecule has 0 spiro atoms. The number of fused-ring (bicyclic) bond motifs is 1. The van der Waals surface area contributed by atoms with Crippen molar-refractivity contribution < 1.29 is 28.9 Å². The van der Waals surface area contributed by atoms with Crippen LogP contribution in [0.4, 0.5) is 5.95 Å². The molecule has 12 heteroatoms. The van der Waals surface area contributed by atoms with Crippen molar-refractivity contribution in [1.29, 1.82) is 0 Å². The molecule has 0 aliphatic carbocycles. The van der Waals surface area contributed by atoms with Gasteiger partial charge in [0.05, 0.1) is 19.2 Å². The number of ether oxygens (including phenoxy) is 3. The molecule has 1 aliphatic heterocycles. The van der Waals surface area contributed by atoms with Crippen molar-refractivity contribution in [2.45, 2.75) is 51.9 Å². The van der Waals surface area contributed by atoms with Gasteiger partial charge in [-0.15, -0.1) is 0 Å². The topological polar surface area (TPSA) is 161 Å². The van der Waals surface area contributed by atoms with Crippen LogP contribution < -0.4 is 11.4 Å². The highest BCUT2D eigenvalue weighted by molar-refractivity contribution is 5.72. The van der Waals surface area contributed by atoms with E-state index in [-0.39, 0.29) is 36.7 Å². The lowest BCUT2D eigenvalue weighted by Gasteiger charge is -2.19. The fourth-order valence-corrected chi connectivity index (χ4v) is 3.75. The van der Waals surface area contributed by atoms with Gasteiger partial charge in [-0.05, 0) is 17.7 Å². The molecule has 0 radical (unpaired) electrons. The molecule has 1 aromatic carbocycles. The Hall–Kier alpha value is -3.93. The zero-order chi connectivity index (χ0) is 23.7. The first-order valence-corrected chi connectivity index (χ1v) is 10.3. The predicted molar refractivity (Wildman–Crippen MR) is 114 cm³/mol. The van der Waals surface area contributed by atoms with E-state index in [0.29, 0.717) is 11.1 Å². The Morgan fingerprint density at radius 2 is 2.12 bits per heavy atom. The largest absolute Gasteiger partial charge is 0.508 e. The van der Waals surface area contributed by atoms with Crippen molar-refractivity contribution in [3.8, 4) is 5.75 Å². The number of hydrogen-bond acceptors (Lipinski definition) is 10. The number of benzene rings is 1. The van der Waals surface area contributed by atoms with Crippen LogP contribution in [0.5, 0.6) is 5.75 Å². The lowest BCUT2D eigenvalue weighted by molar-refractivity contribution is -0.183. The minimum Gasteiger partial charge on any atom is -0.508 e. The molecule has 0 saturated carbocycles. The summed E-state index contributed by atoms with van der Waals surface area (Å²) in [5, 5.41) is 9.78.